The Morgan fingerprint density at radius 2 is 1.77 bits per heavy atom. The summed E-state index contributed by atoms with van der Waals surface area (Å²) in [5, 5.41) is 6.45. The quantitative estimate of drug-likeness (QED) is 0.701. The van der Waals surface area contributed by atoms with E-state index in [1.165, 1.54) is 6.07 Å². The van der Waals surface area contributed by atoms with Crippen LogP contribution in [0, 0.1) is 18.6 Å². The summed E-state index contributed by atoms with van der Waals surface area (Å²) in [6.07, 6.45) is 5.33. The molecule has 1 heterocycles. The average molecular weight is 433 g/mol. The zero-order valence-electron chi connectivity index (χ0n) is 18.5. The molecular formula is C22H30F2N6O. The van der Waals surface area contributed by atoms with E-state index in [0.717, 1.165) is 49.2 Å². The fraction of sp³-hybridized carbons (Fsp3) is 0.500. The van der Waals surface area contributed by atoms with Crippen molar-refractivity contribution in [1.29, 1.82) is 0 Å². The molecule has 1 aliphatic rings. The SMILES string of the molecule is Cc1cnc(N[C@H]2CC[C@@H](NC(=O)CN(C)c3ccc(F)c(F)c3)CC2)nc1N(C)C. The lowest BCUT2D eigenvalue weighted by Crippen LogP contribution is -2.44. The third kappa shape index (κ3) is 6.02. The monoisotopic (exact) mass is 432 g/mol. The number of rotatable bonds is 7. The van der Waals surface area contributed by atoms with Crippen molar-refractivity contribution in [2.24, 2.45) is 0 Å². The van der Waals surface area contributed by atoms with Crippen LogP contribution in [-0.4, -0.2) is 55.6 Å². The highest BCUT2D eigenvalue weighted by Gasteiger charge is 2.23. The van der Waals surface area contributed by atoms with Crippen LogP contribution in [0.5, 0.6) is 0 Å². The minimum absolute atomic E-state index is 0.0772. The molecule has 1 amide bonds. The number of anilines is 3. The van der Waals surface area contributed by atoms with Crippen LogP contribution in [0.25, 0.3) is 0 Å². The highest BCUT2D eigenvalue weighted by Crippen LogP contribution is 2.23. The lowest BCUT2D eigenvalue weighted by Gasteiger charge is -2.30. The Bertz CT molecular complexity index is 915. The van der Waals surface area contributed by atoms with Crippen LogP contribution >= 0.6 is 0 Å². The maximum Gasteiger partial charge on any atom is 0.239 e. The Morgan fingerprint density at radius 3 is 2.42 bits per heavy atom. The molecule has 0 saturated heterocycles. The smallest absolute Gasteiger partial charge is 0.239 e. The van der Waals surface area contributed by atoms with Gasteiger partial charge in [0.2, 0.25) is 11.9 Å². The molecule has 31 heavy (non-hydrogen) atoms. The number of hydrogen-bond acceptors (Lipinski definition) is 6. The van der Waals surface area contributed by atoms with Crippen LogP contribution in [0.4, 0.5) is 26.2 Å². The van der Waals surface area contributed by atoms with Crippen molar-refractivity contribution in [2.45, 2.75) is 44.7 Å². The number of halogens is 2. The number of nitrogens with zero attached hydrogens (tertiary/aromatic N) is 4. The molecule has 0 bridgehead atoms. The Kier molecular flexibility index (Phi) is 7.25. The Labute approximate surface area is 181 Å². The predicted octanol–water partition coefficient (Wildman–Crippen LogP) is 3.10. The van der Waals surface area contributed by atoms with Crippen LogP contribution in [0.3, 0.4) is 0 Å². The van der Waals surface area contributed by atoms with Gasteiger partial charge in [-0.1, -0.05) is 0 Å². The molecule has 1 aliphatic carbocycles. The minimum atomic E-state index is -0.925. The molecule has 2 aromatic rings. The molecule has 3 rings (SSSR count). The molecule has 0 unspecified atom stereocenters. The second kappa shape index (κ2) is 9.89. The van der Waals surface area contributed by atoms with Gasteiger partial charge < -0.3 is 20.4 Å². The van der Waals surface area contributed by atoms with E-state index in [9.17, 15) is 13.6 Å². The van der Waals surface area contributed by atoms with E-state index in [2.05, 4.69) is 20.6 Å². The maximum atomic E-state index is 13.4. The summed E-state index contributed by atoms with van der Waals surface area (Å²) >= 11 is 0. The number of carbonyl (C=O) groups is 1. The van der Waals surface area contributed by atoms with E-state index < -0.39 is 11.6 Å². The lowest BCUT2D eigenvalue weighted by molar-refractivity contribution is -0.120. The minimum Gasteiger partial charge on any atom is -0.365 e. The number of nitrogens with one attached hydrogen (secondary N) is 2. The molecular weight excluding hydrogens is 402 g/mol. The van der Waals surface area contributed by atoms with Crippen LogP contribution in [0.2, 0.25) is 0 Å². The van der Waals surface area contributed by atoms with Gasteiger partial charge in [-0.3, -0.25) is 4.79 Å². The molecule has 1 fully saturated rings. The van der Waals surface area contributed by atoms with Gasteiger partial charge in [-0.15, -0.1) is 0 Å². The molecule has 0 radical (unpaired) electrons. The second-order valence-electron chi connectivity index (χ2n) is 8.31. The first-order valence-electron chi connectivity index (χ1n) is 10.5. The van der Waals surface area contributed by atoms with E-state index in [4.69, 9.17) is 0 Å². The van der Waals surface area contributed by atoms with Gasteiger partial charge in [-0.05, 0) is 44.7 Å². The number of benzene rings is 1. The molecule has 2 N–H and O–H groups in total. The third-order valence-corrected chi connectivity index (χ3v) is 5.52. The number of hydrogen-bond donors (Lipinski definition) is 2. The van der Waals surface area contributed by atoms with E-state index in [-0.39, 0.29) is 24.5 Å². The molecule has 1 aromatic carbocycles. The zero-order chi connectivity index (χ0) is 22.5. The van der Waals surface area contributed by atoms with Gasteiger partial charge in [0.15, 0.2) is 11.6 Å². The van der Waals surface area contributed by atoms with E-state index in [1.807, 2.05) is 32.1 Å². The summed E-state index contributed by atoms with van der Waals surface area (Å²) in [7, 11) is 5.59. The van der Waals surface area contributed by atoms with Crippen molar-refractivity contribution in [1.82, 2.24) is 15.3 Å². The molecule has 9 heteroatoms. The van der Waals surface area contributed by atoms with Gasteiger partial charge in [0, 0.05) is 56.7 Å². The van der Waals surface area contributed by atoms with E-state index in [0.29, 0.717) is 11.6 Å². The molecule has 0 spiro atoms. The van der Waals surface area contributed by atoms with Crippen LogP contribution in [-0.2, 0) is 4.79 Å². The van der Waals surface area contributed by atoms with Gasteiger partial charge >= 0.3 is 0 Å². The van der Waals surface area contributed by atoms with E-state index >= 15 is 0 Å². The van der Waals surface area contributed by atoms with Crippen molar-refractivity contribution in [3.05, 3.63) is 41.6 Å². The lowest BCUT2D eigenvalue weighted by atomic mass is 9.91. The Hall–Kier alpha value is -2.97. The van der Waals surface area contributed by atoms with Gasteiger partial charge in [0.25, 0.3) is 0 Å². The molecule has 7 nitrogen and oxygen atoms in total. The van der Waals surface area contributed by atoms with Gasteiger partial charge in [-0.2, -0.15) is 4.98 Å². The predicted molar refractivity (Wildman–Crippen MR) is 119 cm³/mol. The standard InChI is InChI=1S/C22H30F2N6O/c1-14-12-25-22(28-21(14)29(2)3)27-16-7-5-15(6-8-16)26-20(31)13-30(4)17-9-10-18(23)19(24)11-17/h9-12,15-16H,5-8,13H2,1-4H3,(H,26,31)(H,25,27,28)/t15-,16+. The number of aromatic nitrogens is 2. The Balaban J connectivity index is 1.46. The van der Waals surface area contributed by atoms with Crippen LogP contribution in [0.15, 0.2) is 24.4 Å². The largest absolute Gasteiger partial charge is 0.365 e. The van der Waals surface area contributed by atoms with Crippen molar-refractivity contribution in [3.63, 3.8) is 0 Å². The van der Waals surface area contributed by atoms with Crippen LogP contribution in [0.1, 0.15) is 31.2 Å². The first-order valence-corrected chi connectivity index (χ1v) is 10.5. The first-order chi connectivity index (χ1) is 14.7. The summed E-state index contributed by atoms with van der Waals surface area (Å²) in [6.45, 7) is 2.06. The summed E-state index contributed by atoms with van der Waals surface area (Å²) in [4.78, 5) is 24.9. The summed E-state index contributed by atoms with van der Waals surface area (Å²) in [6, 6.07) is 3.97. The summed E-state index contributed by atoms with van der Waals surface area (Å²) in [5.41, 5.74) is 1.48. The van der Waals surface area contributed by atoms with Crippen LogP contribution < -0.4 is 20.4 Å². The number of amides is 1. The topological polar surface area (TPSA) is 73.4 Å². The highest BCUT2D eigenvalue weighted by molar-refractivity contribution is 5.81. The van der Waals surface area contributed by atoms with Crippen molar-refractivity contribution in [3.8, 4) is 0 Å². The van der Waals surface area contributed by atoms with Crippen molar-refractivity contribution >= 4 is 23.4 Å². The fourth-order valence-corrected chi connectivity index (χ4v) is 3.82. The van der Waals surface area contributed by atoms with Gasteiger partial charge in [0.05, 0.1) is 6.54 Å². The molecule has 1 saturated carbocycles. The Morgan fingerprint density at radius 1 is 1.10 bits per heavy atom. The van der Waals surface area contributed by atoms with Crippen molar-refractivity contribution < 1.29 is 13.6 Å². The fourth-order valence-electron chi connectivity index (χ4n) is 3.82. The first kappa shape index (κ1) is 22.7. The maximum absolute atomic E-state index is 13.4. The molecule has 0 aliphatic heterocycles. The summed E-state index contributed by atoms with van der Waals surface area (Å²) < 4.78 is 26.5. The molecule has 168 valence electrons. The van der Waals surface area contributed by atoms with Gasteiger partial charge in [-0.25, -0.2) is 13.8 Å². The van der Waals surface area contributed by atoms with Crippen molar-refractivity contribution in [2.75, 3.05) is 42.8 Å². The third-order valence-electron chi connectivity index (χ3n) is 5.52. The normalized spacial score (nSPS) is 18.4. The van der Waals surface area contributed by atoms with E-state index in [1.54, 1.807) is 11.9 Å². The summed E-state index contributed by atoms with van der Waals surface area (Å²) in [5.74, 6) is -0.452. The average Bonchev–Trinajstić information content (AvgIpc) is 2.72. The number of likely N-dealkylation sites (N-methyl/N-ethyl adjacent to an activating group) is 1. The van der Waals surface area contributed by atoms with Gasteiger partial charge in [0.1, 0.15) is 5.82 Å². The second-order valence-corrected chi connectivity index (χ2v) is 8.31. The zero-order valence-corrected chi connectivity index (χ0v) is 18.5. The molecule has 1 aromatic heterocycles. The molecule has 0 atom stereocenters. The number of aryl methyl sites for hydroxylation is 1. The highest BCUT2D eigenvalue weighted by atomic mass is 19.2. The number of carbonyl (C=O) groups excluding carboxylic acids is 1.